The number of esters is 3. The smallest absolute Gasteiger partial charge is 0.306 e. The summed E-state index contributed by atoms with van der Waals surface area (Å²) >= 11 is 0. The summed E-state index contributed by atoms with van der Waals surface area (Å²) < 4.78 is 16.9. The zero-order chi connectivity index (χ0) is 52.2. The van der Waals surface area contributed by atoms with Crippen molar-refractivity contribution in [3.05, 3.63) is 72.9 Å². The van der Waals surface area contributed by atoms with E-state index in [1.165, 1.54) is 167 Å². The zero-order valence-corrected chi connectivity index (χ0v) is 47.7. The lowest BCUT2D eigenvalue weighted by Crippen LogP contribution is -2.30. The molecule has 1 atom stereocenters. The summed E-state index contributed by atoms with van der Waals surface area (Å²) in [5.41, 5.74) is 0. The van der Waals surface area contributed by atoms with E-state index >= 15 is 0 Å². The molecule has 0 aromatic carbocycles. The fourth-order valence-electron chi connectivity index (χ4n) is 8.75. The Bertz CT molecular complexity index is 1340. The number of carbonyl (C=O) groups excluding carboxylic acids is 3. The van der Waals surface area contributed by atoms with Crippen LogP contribution in [0.4, 0.5) is 0 Å². The van der Waals surface area contributed by atoms with E-state index in [1.54, 1.807) is 0 Å². The van der Waals surface area contributed by atoms with E-state index in [1.807, 2.05) is 0 Å². The molecule has 0 aliphatic rings. The monoisotopic (exact) mass is 1000 g/mol. The first-order chi connectivity index (χ1) is 35.5. The van der Waals surface area contributed by atoms with Crippen molar-refractivity contribution in [3.63, 3.8) is 0 Å². The van der Waals surface area contributed by atoms with Crippen LogP contribution in [0, 0.1) is 0 Å². The van der Waals surface area contributed by atoms with Crippen molar-refractivity contribution < 1.29 is 28.6 Å². The van der Waals surface area contributed by atoms with Gasteiger partial charge < -0.3 is 14.2 Å². The highest BCUT2D eigenvalue weighted by molar-refractivity contribution is 5.71. The number of unbranched alkanes of at least 4 members (excludes halogenated alkanes) is 33. The van der Waals surface area contributed by atoms with Gasteiger partial charge in [0.25, 0.3) is 0 Å². The summed E-state index contributed by atoms with van der Waals surface area (Å²) in [5.74, 6) is -0.894. The van der Waals surface area contributed by atoms with Crippen molar-refractivity contribution in [2.45, 2.75) is 316 Å². The molecule has 0 aliphatic carbocycles. The zero-order valence-electron chi connectivity index (χ0n) is 47.7. The van der Waals surface area contributed by atoms with Crippen LogP contribution in [-0.4, -0.2) is 37.2 Å². The van der Waals surface area contributed by atoms with E-state index in [9.17, 15) is 14.4 Å². The molecule has 416 valence electrons. The minimum absolute atomic E-state index is 0.0826. The van der Waals surface area contributed by atoms with Gasteiger partial charge in [-0.15, -0.1) is 0 Å². The Hall–Kier alpha value is -3.15. The molecule has 0 saturated carbocycles. The average Bonchev–Trinajstić information content (AvgIpc) is 3.38. The third-order valence-corrected chi connectivity index (χ3v) is 13.4. The molecule has 0 amide bonds. The number of hydrogen-bond donors (Lipinski definition) is 0. The van der Waals surface area contributed by atoms with Crippen LogP contribution >= 0.6 is 0 Å². The van der Waals surface area contributed by atoms with E-state index in [2.05, 4.69) is 93.7 Å². The molecular weight excluding hydrogens is 889 g/mol. The molecule has 6 nitrogen and oxygen atoms in total. The van der Waals surface area contributed by atoms with Crippen molar-refractivity contribution in [2.75, 3.05) is 13.2 Å². The molecule has 0 aromatic rings. The van der Waals surface area contributed by atoms with Crippen LogP contribution < -0.4 is 0 Å². The van der Waals surface area contributed by atoms with Gasteiger partial charge in [-0.25, -0.2) is 0 Å². The van der Waals surface area contributed by atoms with E-state index < -0.39 is 6.10 Å². The number of hydrogen-bond acceptors (Lipinski definition) is 6. The van der Waals surface area contributed by atoms with Crippen molar-refractivity contribution in [2.24, 2.45) is 0 Å². The second-order valence-corrected chi connectivity index (χ2v) is 20.6. The third-order valence-electron chi connectivity index (χ3n) is 13.4. The Labute approximate surface area is 446 Å². The summed E-state index contributed by atoms with van der Waals surface area (Å²) in [5, 5.41) is 0. The lowest BCUT2D eigenvalue weighted by molar-refractivity contribution is -0.167. The van der Waals surface area contributed by atoms with E-state index in [0.717, 1.165) is 103 Å². The Morgan fingerprint density at radius 1 is 0.278 bits per heavy atom. The van der Waals surface area contributed by atoms with Gasteiger partial charge in [-0.2, -0.15) is 0 Å². The van der Waals surface area contributed by atoms with Crippen LogP contribution in [0.1, 0.15) is 310 Å². The first-order valence-corrected chi connectivity index (χ1v) is 30.9. The molecular formula is C66H116O6. The van der Waals surface area contributed by atoms with E-state index in [-0.39, 0.29) is 31.1 Å². The molecule has 0 aromatic heterocycles. The maximum absolute atomic E-state index is 12.9. The Morgan fingerprint density at radius 2 is 0.500 bits per heavy atom. The second kappa shape index (κ2) is 60.4. The van der Waals surface area contributed by atoms with Gasteiger partial charge in [0.05, 0.1) is 0 Å². The SMILES string of the molecule is CCCCC/C=C\C/C=C\C/C=C\CCCCCCCCC(=O)OC[C@@H](COC(=O)CCCCCCCCCCCCCCCCCC)OC(=O)CCCCCCCC/C=C\C/C=C\C/C=C\CCCCC. The molecule has 0 spiro atoms. The Balaban J connectivity index is 4.42. The lowest BCUT2D eigenvalue weighted by atomic mass is 10.0. The van der Waals surface area contributed by atoms with Crippen molar-refractivity contribution >= 4 is 17.9 Å². The summed E-state index contributed by atoms with van der Waals surface area (Å²) in [7, 11) is 0. The molecule has 72 heavy (non-hydrogen) atoms. The largest absolute Gasteiger partial charge is 0.462 e. The van der Waals surface area contributed by atoms with Gasteiger partial charge in [0.15, 0.2) is 6.10 Å². The molecule has 0 unspecified atom stereocenters. The van der Waals surface area contributed by atoms with Crippen LogP contribution in [-0.2, 0) is 28.6 Å². The topological polar surface area (TPSA) is 78.9 Å². The van der Waals surface area contributed by atoms with Gasteiger partial charge in [0.1, 0.15) is 13.2 Å². The Morgan fingerprint density at radius 3 is 0.806 bits per heavy atom. The predicted octanol–water partition coefficient (Wildman–Crippen LogP) is 20.9. The summed E-state index contributed by atoms with van der Waals surface area (Å²) in [6.07, 6.45) is 77.4. The van der Waals surface area contributed by atoms with Gasteiger partial charge in [-0.3, -0.25) is 14.4 Å². The highest BCUT2D eigenvalue weighted by Gasteiger charge is 2.19. The highest BCUT2D eigenvalue weighted by atomic mass is 16.6. The van der Waals surface area contributed by atoms with Crippen LogP contribution in [0.3, 0.4) is 0 Å². The Kier molecular flexibility index (Phi) is 57.8. The first-order valence-electron chi connectivity index (χ1n) is 30.9. The molecule has 0 heterocycles. The van der Waals surface area contributed by atoms with Crippen LogP contribution in [0.5, 0.6) is 0 Å². The lowest BCUT2D eigenvalue weighted by Gasteiger charge is -2.18. The van der Waals surface area contributed by atoms with Gasteiger partial charge >= 0.3 is 17.9 Å². The predicted molar refractivity (Wildman–Crippen MR) is 311 cm³/mol. The van der Waals surface area contributed by atoms with Crippen molar-refractivity contribution in [3.8, 4) is 0 Å². The number of ether oxygens (including phenoxy) is 3. The molecule has 0 saturated heterocycles. The number of carbonyl (C=O) groups is 3. The molecule has 6 heteroatoms. The van der Waals surface area contributed by atoms with Crippen LogP contribution in [0.2, 0.25) is 0 Å². The van der Waals surface area contributed by atoms with E-state index in [4.69, 9.17) is 14.2 Å². The maximum atomic E-state index is 12.9. The molecule has 0 aliphatic heterocycles. The molecule has 0 rings (SSSR count). The maximum Gasteiger partial charge on any atom is 0.306 e. The summed E-state index contributed by atoms with van der Waals surface area (Å²) in [6, 6.07) is 0. The van der Waals surface area contributed by atoms with Crippen molar-refractivity contribution in [1.29, 1.82) is 0 Å². The minimum Gasteiger partial charge on any atom is -0.462 e. The normalized spacial score (nSPS) is 12.5. The second-order valence-electron chi connectivity index (χ2n) is 20.6. The fraction of sp³-hybridized carbons (Fsp3) is 0.773. The summed E-state index contributed by atoms with van der Waals surface area (Å²) in [6.45, 7) is 6.60. The number of allylic oxidation sites excluding steroid dienone is 12. The van der Waals surface area contributed by atoms with Crippen molar-refractivity contribution in [1.82, 2.24) is 0 Å². The van der Waals surface area contributed by atoms with Gasteiger partial charge in [-0.05, 0) is 96.3 Å². The molecule has 0 bridgehead atoms. The standard InChI is InChI=1S/C66H116O6/c1-4-7-10-13-16-19-22-25-28-31-33-35-38-41-44-47-50-53-56-59-65(68)71-62-63(61-70-64(67)58-55-52-49-46-43-40-37-30-27-24-21-18-15-12-9-6-3)72-66(69)60-57-54-51-48-45-42-39-36-34-32-29-26-23-20-17-14-11-8-5-2/h16-17,19-20,25-26,28-29,33-36,63H,4-15,18,21-24,27,30-32,37-62H2,1-3H3/b19-16-,20-17-,28-25-,29-26-,35-33-,36-34-/t63-/m1/s1. The summed E-state index contributed by atoms with van der Waals surface area (Å²) in [4.78, 5) is 38.3. The molecule has 0 N–H and O–H groups in total. The fourth-order valence-corrected chi connectivity index (χ4v) is 8.75. The third kappa shape index (κ3) is 57.7. The minimum atomic E-state index is -0.788. The highest BCUT2D eigenvalue weighted by Crippen LogP contribution is 2.16. The van der Waals surface area contributed by atoms with Gasteiger partial charge in [-0.1, -0.05) is 267 Å². The molecule has 0 fully saturated rings. The van der Waals surface area contributed by atoms with Gasteiger partial charge in [0.2, 0.25) is 0 Å². The van der Waals surface area contributed by atoms with Crippen LogP contribution in [0.25, 0.3) is 0 Å². The van der Waals surface area contributed by atoms with Gasteiger partial charge in [0, 0.05) is 19.3 Å². The average molecular weight is 1010 g/mol. The van der Waals surface area contributed by atoms with E-state index in [0.29, 0.717) is 19.3 Å². The van der Waals surface area contributed by atoms with Crippen LogP contribution in [0.15, 0.2) is 72.9 Å². The molecule has 0 radical (unpaired) electrons. The quantitative estimate of drug-likeness (QED) is 0.0261. The first kappa shape index (κ1) is 68.8. The number of rotatable bonds is 56.